The average molecular weight is 539 g/mol. The van der Waals surface area contributed by atoms with Gasteiger partial charge in [-0.1, -0.05) is 0 Å². The smallest absolute Gasteiger partial charge is 0.286 e. The second-order valence-corrected chi connectivity index (χ2v) is 11.5. The average Bonchev–Trinajstić information content (AvgIpc) is 3.50. The van der Waals surface area contributed by atoms with Crippen LogP contribution in [0.1, 0.15) is 31.2 Å². The molecule has 4 rings (SSSR count). The number of amides is 1. The van der Waals surface area contributed by atoms with E-state index in [-0.39, 0.29) is 39.9 Å². The number of carbonyl (C=O) groups excluding carboxylic acids is 1. The lowest BCUT2D eigenvalue weighted by atomic mass is 10.1. The van der Waals surface area contributed by atoms with Gasteiger partial charge < -0.3 is 20.9 Å². The van der Waals surface area contributed by atoms with Gasteiger partial charge in [0.2, 0.25) is 15.9 Å². The Balaban J connectivity index is 1.77. The first-order valence-corrected chi connectivity index (χ1v) is 13.4. The first-order valence-electron chi connectivity index (χ1n) is 11.1. The summed E-state index contributed by atoms with van der Waals surface area (Å²) in [6.45, 7) is 1.22. The lowest BCUT2D eigenvalue weighted by Crippen LogP contribution is -2.51. The van der Waals surface area contributed by atoms with Crippen LogP contribution in [0.4, 0.5) is 20.2 Å². The molecule has 3 fully saturated rings. The normalized spacial score (nSPS) is 21.3. The van der Waals surface area contributed by atoms with Crippen LogP contribution in [0.15, 0.2) is 22.0 Å². The Morgan fingerprint density at radius 1 is 1.39 bits per heavy atom. The van der Waals surface area contributed by atoms with Crippen LogP contribution in [0.3, 0.4) is 0 Å². The molecular formula is C21H24F2N8O3S2. The predicted octanol–water partition coefficient (Wildman–Crippen LogP) is 1.75. The highest BCUT2D eigenvalue weighted by Gasteiger charge is 2.47. The minimum Gasteiger partial charge on any atom is -0.378 e. The maximum absolute atomic E-state index is 13.2. The van der Waals surface area contributed by atoms with Gasteiger partial charge in [0.1, 0.15) is 10.6 Å². The Labute approximate surface area is 210 Å². The van der Waals surface area contributed by atoms with Crippen molar-refractivity contribution >= 4 is 55.5 Å². The van der Waals surface area contributed by atoms with Crippen molar-refractivity contribution in [3.05, 3.63) is 17.7 Å². The fourth-order valence-electron chi connectivity index (χ4n) is 4.31. The van der Waals surface area contributed by atoms with E-state index in [0.29, 0.717) is 51.0 Å². The number of alkyl halides is 2. The van der Waals surface area contributed by atoms with E-state index in [0.717, 1.165) is 12.3 Å². The highest BCUT2D eigenvalue weighted by Crippen LogP contribution is 2.39. The second kappa shape index (κ2) is 9.75. The van der Waals surface area contributed by atoms with E-state index in [2.05, 4.69) is 9.71 Å². The molecule has 1 atom stereocenters. The van der Waals surface area contributed by atoms with Crippen molar-refractivity contribution < 1.29 is 22.0 Å². The summed E-state index contributed by atoms with van der Waals surface area (Å²) in [7, 11) is -4.19. The van der Waals surface area contributed by atoms with Gasteiger partial charge >= 0.3 is 0 Å². The summed E-state index contributed by atoms with van der Waals surface area (Å²) < 4.78 is 54.4. The third-order valence-corrected chi connectivity index (χ3v) is 8.55. The van der Waals surface area contributed by atoms with Crippen molar-refractivity contribution in [1.29, 1.82) is 16.1 Å². The summed E-state index contributed by atoms with van der Waals surface area (Å²) in [5.74, 6) is 0.0651. The van der Waals surface area contributed by atoms with E-state index in [1.807, 2.05) is 11.0 Å². The number of thioether (sulfide) groups is 1. The Hall–Kier alpha value is -3.09. The van der Waals surface area contributed by atoms with E-state index in [9.17, 15) is 27.3 Å². The second-order valence-electron chi connectivity index (χ2n) is 8.76. The standard InChI is InChI=1S/C21H24F2N8O3S2/c22-18(23)19(26)35-20(27)28-15-7-13(36(33,34)29-21(11-25)3-4-21)8-16(14(15)9-24)30-5-6-31-12(10-30)1-2-17(31)32/h7-9,12,18,24,26,29H,1-6,10H2,(H2,27,28). The van der Waals surface area contributed by atoms with E-state index in [1.165, 1.54) is 6.07 Å². The molecule has 15 heteroatoms. The molecule has 3 aliphatic rings. The molecule has 2 aliphatic heterocycles. The summed E-state index contributed by atoms with van der Waals surface area (Å²) in [6, 6.07) is 4.45. The van der Waals surface area contributed by atoms with Gasteiger partial charge in [0.25, 0.3) is 6.43 Å². The topological polar surface area (TPSA) is 180 Å². The number of fused-ring (bicyclic) bond motifs is 1. The highest BCUT2D eigenvalue weighted by atomic mass is 32.2. The molecule has 1 amide bonds. The lowest BCUT2D eigenvalue weighted by molar-refractivity contribution is -0.129. The predicted molar refractivity (Wildman–Crippen MR) is 132 cm³/mol. The molecule has 11 nitrogen and oxygen atoms in total. The zero-order chi connectivity index (χ0) is 26.3. The molecule has 0 radical (unpaired) electrons. The van der Waals surface area contributed by atoms with Crippen LogP contribution in [0, 0.1) is 22.1 Å². The van der Waals surface area contributed by atoms with E-state index in [1.54, 1.807) is 4.90 Å². The van der Waals surface area contributed by atoms with Crippen LogP contribution >= 0.6 is 11.8 Å². The number of anilines is 1. The van der Waals surface area contributed by atoms with Gasteiger partial charge in [-0.25, -0.2) is 22.2 Å². The van der Waals surface area contributed by atoms with Crippen molar-refractivity contribution in [3.63, 3.8) is 0 Å². The molecule has 1 unspecified atom stereocenters. The summed E-state index contributed by atoms with van der Waals surface area (Å²) in [4.78, 5) is 19.6. The van der Waals surface area contributed by atoms with Crippen LogP contribution in [0.5, 0.6) is 0 Å². The fraction of sp³-hybridized carbons (Fsp3) is 0.476. The first kappa shape index (κ1) is 26.0. The number of benzene rings is 1. The Kier molecular flexibility index (Phi) is 7.04. The molecule has 1 aromatic carbocycles. The van der Waals surface area contributed by atoms with Crippen molar-refractivity contribution in [2.24, 2.45) is 10.7 Å². The number of rotatable bonds is 7. The molecule has 0 spiro atoms. The van der Waals surface area contributed by atoms with Gasteiger partial charge in [-0.15, -0.1) is 0 Å². The minimum atomic E-state index is -4.19. The number of hydrogen-bond donors (Lipinski definition) is 4. The summed E-state index contributed by atoms with van der Waals surface area (Å²) in [5.41, 5.74) is 5.10. The summed E-state index contributed by atoms with van der Waals surface area (Å²) in [6.07, 6.45) is -0.248. The maximum Gasteiger partial charge on any atom is 0.286 e. The number of piperazine rings is 1. The number of nitriles is 1. The van der Waals surface area contributed by atoms with Crippen molar-refractivity contribution in [1.82, 2.24) is 9.62 Å². The minimum absolute atomic E-state index is 0.0540. The molecule has 5 N–H and O–H groups in total. The largest absolute Gasteiger partial charge is 0.378 e. The number of nitrogens with one attached hydrogen (secondary N) is 3. The molecule has 0 bridgehead atoms. The summed E-state index contributed by atoms with van der Waals surface area (Å²) >= 11 is 0.233. The van der Waals surface area contributed by atoms with Crippen LogP contribution in [0.25, 0.3) is 0 Å². The van der Waals surface area contributed by atoms with Crippen LogP contribution in [-0.2, 0) is 14.8 Å². The maximum atomic E-state index is 13.2. The van der Waals surface area contributed by atoms with Gasteiger partial charge in [0, 0.05) is 49.6 Å². The zero-order valence-corrected chi connectivity index (χ0v) is 20.6. The molecule has 2 saturated heterocycles. The third kappa shape index (κ3) is 5.20. The monoisotopic (exact) mass is 538 g/mol. The van der Waals surface area contributed by atoms with Crippen molar-refractivity contribution in [3.8, 4) is 6.07 Å². The number of nitrogens with zero attached hydrogens (tertiary/aromatic N) is 4. The van der Waals surface area contributed by atoms with E-state index >= 15 is 0 Å². The number of sulfonamides is 1. The number of aliphatic imine (C=N–C) groups is 1. The Morgan fingerprint density at radius 3 is 2.72 bits per heavy atom. The number of nitrogens with two attached hydrogens (primary N) is 1. The van der Waals surface area contributed by atoms with Gasteiger partial charge in [-0.3, -0.25) is 10.2 Å². The van der Waals surface area contributed by atoms with Crippen molar-refractivity contribution in [2.45, 2.75) is 48.6 Å². The van der Waals surface area contributed by atoms with E-state index < -0.39 is 32.2 Å². The Morgan fingerprint density at radius 2 is 2.11 bits per heavy atom. The van der Waals surface area contributed by atoms with Crippen LogP contribution < -0.4 is 15.4 Å². The number of hydrogen-bond acceptors (Lipinski definition) is 9. The number of amidine groups is 1. The fourth-order valence-corrected chi connectivity index (χ4v) is 6.19. The molecular weight excluding hydrogens is 514 g/mol. The van der Waals surface area contributed by atoms with Crippen LogP contribution in [-0.4, -0.2) is 73.3 Å². The lowest BCUT2D eigenvalue weighted by Gasteiger charge is -2.39. The molecule has 1 aliphatic carbocycles. The van der Waals surface area contributed by atoms with Crippen molar-refractivity contribution in [2.75, 3.05) is 24.5 Å². The SMILES string of the molecule is N#CC1(NS(=O)(=O)c2cc(N=C(N)SC(=N)C(F)F)c(C=N)c(N3CCN4C(=O)CCC4C3)c2)CC1. The van der Waals surface area contributed by atoms with Gasteiger partial charge in [0.05, 0.1) is 16.7 Å². The molecule has 36 heavy (non-hydrogen) atoms. The van der Waals surface area contributed by atoms with Gasteiger partial charge in [-0.05, 0) is 43.2 Å². The number of carbonyl (C=O) groups is 1. The third-order valence-electron chi connectivity index (χ3n) is 6.34. The zero-order valence-electron chi connectivity index (χ0n) is 19.0. The number of halogens is 2. The van der Waals surface area contributed by atoms with E-state index in [4.69, 9.17) is 16.6 Å². The molecule has 0 aromatic heterocycles. The molecule has 1 saturated carbocycles. The quantitative estimate of drug-likeness (QED) is 0.301. The van der Waals surface area contributed by atoms with Crippen LogP contribution in [0.2, 0.25) is 0 Å². The Bertz CT molecular complexity index is 1290. The summed E-state index contributed by atoms with van der Waals surface area (Å²) in [5, 5.41) is 23.2. The molecule has 1 aromatic rings. The first-order chi connectivity index (χ1) is 17.0. The molecule has 2 heterocycles. The van der Waals surface area contributed by atoms with Gasteiger partial charge in [0.15, 0.2) is 5.17 Å². The highest BCUT2D eigenvalue weighted by molar-refractivity contribution is 8.26. The van der Waals surface area contributed by atoms with Gasteiger partial charge in [-0.2, -0.15) is 9.98 Å². The molecule has 192 valence electrons.